The van der Waals surface area contributed by atoms with Gasteiger partial charge in [-0.3, -0.25) is 0 Å². The van der Waals surface area contributed by atoms with Crippen molar-refractivity contribution in [2.75, 3.05) is 9.80 Å². The first-order valence-corrected chi connectivity index (χ1v) is 20.0. The third kappa shape index (κ3) is 5.08. The van der Waals surface area contributed by atoms with Crippen LogP contribution in [0.4, 0.5) is 34.1 Å². The fourth-order valence-corrected chi connectivity index (χ4v) is 9.79. The Morgan fingerprint density at radius 1 is 0.630 bits per heavy atom. The Balaban J connectivity index is 1.41. The SMILES string of the molecule is Cc1cc2c3c(c1)N(c1ccc(C(C)(C)C)cc1C)c1c(oc4ccccc14)B3c1ccc3c(c1N2c1ccc(C(C)(C)C)cc1)C(C)(C)CCC3(C)C. The summed E-state index contributed by atoms with van der Waals surface area (Å²) in [7, 11) is 0. The van der Waals surface area contributed by atoms with Crippen LogP contribution in [0.25, 0.3) is 11.0 Å². The van der Waals surface area contributed by atoms with E-state index in [1.54, 1.807) is 0 Å². The summed E-state index contributed by atoms with van der Waals surface area (Å²) in [6.45, 7) is 28.1. The second-order valence-electron chi connectivity index (χ2n) is 19.9. The number of anilines is 6. The Kier molecular flexibility index (Phi) is 7.41. The molecule has 1 aliphatic carbocycles. The average Bonchev–Trinajstić information content (AvgIpc) is 3.48. The molecule has 6 aromatic rings. The lowest BCUT2D eigenvalue weighted by Gasteiger charge is -2.49. The topological polar surface area (TPSA) is 19.6 Å². The molecule has 0 spiro atoms. The molecule has 0 fully saturated rings. The molecule has 54 heavy (non-hydrogen) atoms. The maximum absolute atomic E-state index is 7.17. The Morgan fingerprint density at radius 2 is 1.26 bits per heavy atom. The molecule has 1 aromatic heterocycles. The van der Waals surface area contributed by atoms with Crippen LogP contribution < -0.4 is 26.4 Å². The van der Waals surface area contributed by atoms with Gasteiger partial charge in [0.1, 0.15) is 5.58 Å². The molecule has 0 saturated carbocycles. The molecule has 274 valence electrons. The highest BCUT2D eigenvalue weighted by molar-refractivity contribution is 7.00. The van der Waals surface area contributed by atoms with Crippen LogP contribution in [-0.2, 0) is 21.7 Å². The van der Waals surface area contributed by atoms with Crippen molar-refractivity contribution in [3.05, 3.63) is 124 Å². The summed E-state index contributed by atoms with van der Waals surface area (Å²) in [5, 5.41) is 1.15. The molecule has 0 unspecified atom stereocenters. The highest BCUT2D eigenvalue weighted by Crippen LogP contribution is 2.54. The number of aryl methyl sites for hydroxylation is 2. The summed E-state index contributed by atoms with van der Waals surface area (Å²) < 4.78 is 7.17. The van der Waals surface area contributed by atoms with E-state index in [-0.39, 0.29) is 28.4 Å². The van der Waals surface area contributed by atoms with E-state index in [4.69, 9.17) is 4.42 Å². The minimum Gasteiger partial charge on any atom is -0.468 e. The summed E-state index contributed by atoms with van der Waals surface area (Å²) in [6.07, 6.45) is 2.32. The quantitative estimate of drug-likeness (QED) is 0.167. The van der Waals surface area contributed by atoms with E-state index in [2.05, 4.69) is 184 Å². The zero-order chi connectivity index (χ0) is 38.3. The number of para-hydroxylation sites is 1. The van der Waals surface area contributed by atoms with Crippen LogP contribution in [0.1, 0.15) is 115 Å². The maximum Gasteiger partial charge on any atom is 0.297 e. The van der Waals surface area contributed by atoms with Gasteiger partial charge < -0.3 is 14.2 Å². The number of furan rings is 1. The smallest absolute Gasteiger partial charge is 0.297 e. The van der Waals surface area contributed by atoms with E-state index in [0.29, 0.717) is 0 Å². The molecule has 0 atom stereocenters. The van der Waals surface area contributed by atoms with Gasteiger partial charge in [-0.2, -0.15) is 0 Å². The van der Waals surface area contributed by atoms with Crippen LogP contribution in [-0.4, -0.2) is 6.71 Å². The van der Waals surface area contributed by atoms with Gasteiger partial charge in [0.25, 0.3) is 6.71 Å². The first kappa shape index (κ1) is 35.0. The minimum absolute atomic E-state index is 0.00667. The second-order valence-corrected chi connectivity index (χ2v) is 19.9. The zero-order valence-electron chi connectivity index (χ0n) is 34.5. The molecule has 3 aliphatic rings. The van der Waals surface area contributed by atoms with E-state index in [0.717, 1.165) is 28.7 Å². The van der Waals surface area contributed by atoms with Gasteiger partial charge in [0, 0.05) is 33.8 Å². The predicted molar refractivity (Wildman–Crippen MR) is 232 cm³/mol. The van der Waals surface area contributed by atoms with E-state index in [1.165, 1.54) is 79.2 Å². The van der Waals surface area contributed by atoms with Crippen molar-refractivity contribution < 1.29 is 4.42 Å². The summed E-state index contributed by atoms with van der Waals surface area (Å²) in [6, 6.07) is 34.9. The summed E-state index contributed by atoms with van der Waals surface area (Å²) in [4.78, 5) is 5.16. The lowest BCUT2D eigenvalue weighted by molar-refractivity contribution is 0.333. The van der Waals surface area contributed by atoms with E-state index >= 15 is 0 Å². The molecule has 0 radical (unpaired) electrons. The molecule has 4 heteroatoms. The van der Waals surface area contributed by atoms with Crippen molar-refractivity contribution in [2.45, 2.75) is 118 Å². The van der Waals surface area contributed by atoms with Crippen LogP contribution in [0.15, 0.2) is 95.4 Å². The molecular formula is C50H55BN2O. The molecule has 3 nitrogen and oxygen atoms in total. The van der Waals surface area contributed by atoms with Crippen LogP contribution in [0.2, 0.25) is 0 Å². The van der Waals surface area contributed by atoms with Crippen molar-refractivity contribution in [2.24, 2.45) is 0 Å². The predicted octanol–water partition coefficient (Wildman–Crippen LogP) is 12.1. The molecule has 2 aliphatic heterocycles. The summed E-state index contributed by atoms with van der Waals surface area (Å²) in [5.74, 6) is 0. The Labute approximate surface area is 323 Å². The van der Waals surface area contributed by atoms with Crippen molar-refractivity contribution in [3.63, 3.8) is 0 Å². The fraction of sp³-hybridized carbons (Fsp3) is 0.360. The van der Waals surface area contributed by atoms with Gasteiger partial charge in [0.2, 0.25) is 0 Å². The molecule has 0 amide bonds. The van der Waals surface area contributed by atoms with E-state index in [1.807, 2.05) is 0 Å². The van der Waals surface area contributed by atoms with Crippen LogP contribution in [0.3, 0.4) is 0 Å². The van der Waals surface area contributed by atoms with Crippen molar-refractivity contribution >= 4 is 68.4 Å². The van der Waals surface area contributed by atoms with Crippen LogP contribution in [0.5, 0.6) is 0 Å². The number of fused-ring (bicyclic) bond motifs is 8. The van der Waals surface area contributed by atoms with Crippen LogP contribution >= 0.6 is 0 Å². The molecule has 0 N–H and O–H groups in total. The average molecular weight is 711 g/mol. The highest BCUT2D eigenvalue weighted by Gasteiger charge is 2.50. The van der Waals surface area contributed by atoms with Gasteiger partial charge in [-0.15, -0.1) is 0 Å². The highest BCUT2D eigenvalue weighted by atomic mass is 16.3. The first-order chi connectivity index (χ1) is 25.4. The zero-order valence-corrected chi connectivity index (χ0v) is 34.5. The molecular weight excluding hydrogens is 655 g/mol. The normalized spacial score (nSPS) is 16.9. The summed E-state index contributed by atoms with van der Waals surface area (Å²) in [5.41, 5.74) is 20.3. The van der Waals surface area contributed by atoms with Gasteiger partial charge in [-0.1, -0.05) is 118 Å². The van der Waals surface area contributed by atoms with E-state index < -0.39 is 0 Å². The van der Waals surface area contributed by atoms with Crippen molar-refractivity contribution in [3.8, 4) is 0 Å². The molecule has 0 saturated heterocycles. The van der Waals surface area contributed by atoms with E-state index in [9.17, 15) is 0 Å². The maximum atomic E-state index is 7.17. The van der Waals surface area contributed by atoms with Gasteiger partial charge in [-0.05, 0) is 135 Å². The first-order valence-electron chi connectivity index (χ1n) is 20.0. The van der Waals surface area contributed by atoms with Gasteiger partial charge in [0.15, 0.2) is 0 Å². The largest absolute Gasteiger partial charge is 0.468 e. The lowest BCUT2D eigenvalue weighted by atomic mass is 9.35. The molecule has 5 aromatic carbocycles. The lowest BCUT2D eigenvalue weighted by Crippen LogP contribution is -2.61. The summed E-state index contributed by atoms with van der Waals surface area (Å²) >= 11 is 0. The molecule has 0 bridgehead atoms. The van der Waals surface area contributed by atoms with Crippen LogP contribution in [0, 0.1) is 13.8 Å². The third-order valence-corrected chi connectivity index (χ3v) is 13.0. The number of nitrogens with zero attached hydrogens (tertiary/aromatic N) is 2. The van der Waals surface area contributed by atoms with Crippen molar-refractivity contribution in [1.29, 1.82) is 0 Å². The Bertz CT molecular complexity index is 2500. The second kappa shape index (κ2) is 11.4. The number of benzene rings is 5. The minimum atomic E-state index is -0.0605. The van der Waals surface area contributed by atoms with Gasteiger partial charge >= 0.3 is 0 Å². The standard InChI is InChI=1S/C50H55BN2O/c1-30-27-39-43-40(28-30)53(38-24-19-33(29-31(38)2)48(6,7)8)44-35-15-13-14-16-41(35)54-46(44)51(43)37-23-22-36-42(50(11,12)26-25-49(36,9)10)45(37)52(39)34-20-17-32(18-21-34)47(3,4)5/h13-24,27-29H,25-26H2,1-12H3. The number of hydrogen-bond acceptors (Lipinski definition) is 3. The third-order valence-electron chi connectivity index (χ3n) is 13.0. The molecule has 9 rings (SSSR count). The van der Waals surface area contributed by atoms with Gasteiger partial charge in [0.05, 0.1) is 11.3 Å². The fourth-order valence-electron chi connectivity index (χ4n) is 9.79. The Hall–Kier alpha value is -4.70. The Morgan fingerprint density at radius 3 is 1.93 bits per heavy atom. The van der Waals surface area contributed by atoms with Gasteiger partial charge in [-0.25, -0.2) is 0 Å². The number of hydrogen-bond donors (Lipinski definition) is 0. The van der Waals surface area contributed by atoms with Crippen molar-refractivity contribution in [1.82, 2.24) is 0 Å². The number of rotatable bonds is 2. The monoisotopic (exact) mass is 710 g/mol. The molecule has 3 heterocycles.